The van der Waals surface area contributed by atoms with Crippen LogP contribution < -0.4 is 5.32 Å². The smallest absolute Gasteiger partial charge is 0.239 e. The summed E-state index contributed by atoms with van der Waals surface area (Å²) < 4.78 is 1.98. The van der Waals surface area contributed by atoms with Crippen molar-refractivity contribution in [2.24, 2.45) is 0 Å². The molecule has 2 aromatic rings. The van der Waals surface area contributed by atoms with Crippen molar-refractivity contribution in [1.82, 2.24) is 25.0 Å². The molecule has 2 aliphatic heterocycles. The zero-order chi connectivity index (χ0) is 17.4. The highest BCUT2D eigenvalue weighted by Gasteiger charge is 2.28. The van der Waals surface area contributed by atoms with Crippen LogP contribution in [0.1, 0.15) is 36.1 Å². The third-order valence-corrected chi connectivity index (χ3v) is 5.26. The molecule has 4 rings (SSSR count). The standard InChI is InChI=1S/C19H25N5O/c1-13(20-17-7-8-18-21-14(2)22-24(18)12-17)19(25)23-10-9-15-5-3-4-6-16(15)11-23/h3-6,13,17,20H,7-12H2,1-2H3/t13-,17-/m1/s1. The van der Waals surface area contributed by atoms with Gasteiger partial charge in [0.05, 0.1) is 12.6 Å². The number of aryl methyl sites for hydroxylation is 2. The van der Waals surface area contributed by atoms with E-state index in [1.165, 1.54) is 11.1 Å². The van der Waals surface area contributed by atoms with Crippen LogP contribution in [0.3, 0.4) is 0 Å². The van der Waals surface area contributed by atoms with Crippen molar-refractivity contribution in [3.63, 3.8) is 0 Å². The second kappa shape index (κ2) is 6.59. The monoisotopic (exact) mass is 339 g/mol. The third-order valence-electron chi connectivity index (χ3n) is 5.26. The summed E-state index contributed by atoms with van der Waals surface area (Å²) in [7, 11) is 0. The van der Waals surface area contributed by atoms with E-state index in [0.29, 0.717) is 0 Å². The molecule has 6 heteroatoms. The van der Waals surface area contributed by atoms with Crippen LogP contribution in [0, 0.1) is 6.92 Å². The molecule has 1 amide bonds. The molecule has 1 N–H and O–H groups in total. The lowest BCUT2D eigenvalue weighted by atomic mass is 9.99. The molecule has 0 saturated carbocycles. The van der Waals surface area contributed by atoms with E-state index in [1.54, 1.807) is 0 Å². The minimum atomic E-state index is -0.179. The second-order valence-corrected chi connectivity index (χ2v) is 7.16. The zero-order valence-electron chi connectivity index (χ0n) is 14.9. The predicted octanol–water partition coefficient (Wildman–Crippen LogP) is 1.46. The molecule has 0 fully saturated rings. The number of carbonyl (C=O) groups excluding carboxylic acids is 1. The normalized spacial score (nSPS) is 20.7. The summed E-state index contributed by atoms with van der Waals surface area (Å²) >= 11 is 0. The highest BCUT2D eigenvalue weighted by Crippen LogP contribution is 2.19. The van der Waals surface area contributed by atoms with Gasteiger partial charge in [0.25, 0.3) is 0 Å². The van der Waals surface area contributed by atoms with Crippen LogP contribution in [-0.4, -0.2) is 44.2 Å². The molecule has 0 unspecified atom stereocenters. The Balaban J connectivity index is 1.37. The summed E-state index contributed by atoms with van der Waals surface area (Å²) in [5, 5.41) is 7.95. The van der Waals surface area contributed by atoms with Crippen molar-refractivity contribution in [2.45, 2.75) is 58.3 Å². The van der Waals surface area contributed by atoms with E-state index < -0.39 is 0 Å². The van der Waals surface area contributed by atoms with Gasteiger partial charge in [-0.05, 0) is 37.8 Å². The van der Waals surface area contributed by atoms with Gasteiger partial charge in [0, 0.05) is 25.6 Å². The molecule has 0 radical (unpaired) electrons. The Bertz CT molecular complexity index is 784. The van der Waals surface area contributed by atoms with Gasteiger partial charge in [-0.3, -0.25) is 4.79 Å². The Labute approximate surface area is 148 Å². The van der Waals surface area contributed by atoms with Crippen molar-refractivity contribution in [3.8, 4) is 0 Å². The molecule has 25 heavy (non-hydrogen) atoms. The molecule has 2 aliphatic rings. The van der Waals surface area contributed by atoms with Gasteiger partial charge in [-0.25, -0.2) is 9.67 Å². The van der Waals surface area contributed by atoms with Gasteiger partial charge in [0.1, 0.15) is 11.6 Å². The number of nitrogens with zero attached hydrogens (tertiary/aromatic N) is 4. The first-order chi connectivity index (χ1) is 12.1. The molecule has 2 atom stereocenters. The summed E-state index contributed by atoms with van der Waals surface area (Å²) in [6.45, 7) is 6.22. The van der Waals surface area contributed by atoms with Crippen molar-refractivity contribution < 1.29 is 4.79 Å². The second-order valence-electron chi connectivity index (χ2n) is 7.16. The van der Waals surface area contributed by atoms with E-state index in [2.05, 4.69) is 33.6 Å². The van der Waals surface area contributed by atoms with Crippen LogP contribution in [-0.2, 0) is 30.7 Å². The van der Waals surface area contributed by atoms with Crippen LogP contribution in [0.15, 0.2) is 24.3 Å². The largest absolute Gasteiger partial charge is 0.337 e. The van der Waals surface area contributed by atoms with Gasteiger partial charge in [0.15, 0.2) is 0 Å². The first kappa shape index (κ1) is 16.3. The van der Waals surface area contributed by atoms with Crippen LogP contribution in [0.2, 0.25) is 0 Å². The number of fused-ring (bicyclic) bond motifs is 2. The minimum Gasteiger partial charge on any atom is -0.337 e. The zero-order valence-corrected chi connectivity index (χ0v) is 14.9. The maximum atomic E-state index is 12.9. The summed E-state index contributed by atoms with van der Waals surface area (Å²) in [6.07, 6.45) is 2.86. The molecule has 0 spiro atoms. The van der Waals surface area contributed by atoms with Crippen LogP contribution in [0.5, 0.6) is 0 Å². The number of carbonyl (C=O) groups is 1. The molecular weight excluding hydrogens is 314 g/mol. The van der Waals surface area contributed by atoms with Crippen molar-refractivity contribution in [1.29, 1.82) is 0 Å². The minimum absolute atomic E-state index is 0.179. The molecule has 0 aliphatic carbocycles. The van der Waals surface area contributed by atoms with Crippen LogP contribution in [0.4, 0.5) is 0 Å². The Morgan fingerprint density at radius 1 is 1.28 bits per heavy atom. The van der Waals surface area contributed by atoms with Gasteiger partial charge in [0.2, 0.25) is 5.91 Å². The third kappa shape index (κ3) is 3.31. The first-order valence-electron chi connectivity index (χ1n) is 9.12. The number of benzene rings is 1. The van der Waals surface area contributed by atoms with E-state index in [0.717, 1.165) is 50.5 Å². The number of nitrogens with one attached hydrogen (secondary N) is 1. The number of hydrogen-bond acceptors (Lipinski definition) is 4. The predicted molar refractivity (Wildman–Crippen MR) is 95.0 cm³/mol. The highest BCUT2D eigenvalue weighted by molar-refractivity contribution is 5.81. The lowest BCUT2D eigenvalue weighted by Gasteiger charge is -2.33. The van der Waals surface area contributed by atoms with Gasteiger partial charge in [-0.15, -0.1) is 0 Å². The molecule has 0 bridgehead atoms. The van der Waals surface area contributed by atoms with E-state index >= 15 is 0 Å². The number of hydrogen-bond donors (Lipinski definition) is 1. The lowest BCUT2D eigenvalue weighted by Crippen LogP contribution is -2.51. The quantitative estimate of drug-likeness (QED) is 0.920. The van der Waals surface area contributed by atoms with E-state index in [1.807, 2.05) is 29.5 Å². The van der Waals surface area contributed by atoms with E-state index in [9.17, 15) is 4.79 Å². The summed E-state index contributed by atoms with van der Waals surface area (Å²) in [6, 6.07) is 8.50. The molecule has 6 nitrogen and oxygen atoms in total. The fraction of sp³-hybridized carbons (Fsp3) is 0.526. The summed E-state index contributed by atoms with van der Waals surface area (Å²) in [5.74, 6) is 2.07. The Morgan fingerprint density at radius 2 is 2.08 bits per heavy atom. The fourth-order valence-corrected chi connectivity index (χ4v) is 3.95. The molecular formula is C19H25N5O. The molecule has 132 valence electrons. The van der Waals surface area contributed by atoms with Crippen LogP contribution >= 0.6 is 0 Å². The average Bonchev–Trinajstić information content (AvgIpc) is 3.00. The SMILES string of the molecule is Cc1nc2n(n1)C[C@H](N[C@H](C)C(=O)N1CCc3ccccc3C1)CC2. The molecule has 1 aromatic carbocycles. The summed E-state index contributed by atoms with van der Waals surface area (Å²) in [5.41, 5.74) is 2.64. The fourth-order valence-electron chi connectivity index (χ4n) is 3.95. The van der Waals surface area contributed by atoms with Crippen molar-refractivity contribution in [3.05, 3.63) is 47.0 Å². The number of amides is 1. The maximum Gasteiger partial charge on any atom is 0.239 e. The lowest BCUT2D eigenvalue weighted by molar-refractivity contribution is -0.134. The molecule has 3 heterocycles. The van der Waals surface area contributed by atoms with E-state index in [4.69, 9.17) is 0 Å². The number of aromatic nitrogens is 3. The van der Waals surface area contributed by atoms with Crippen molar-refractivity contribution >= 4 is 5.91 Å². The van der Waals surface area contributed by atoms with Gasteiger partial charge in [-0.2, -0.15) is 5.10 Å². The molecule has 1 aromatic heterocycles. The average molecular weight is 339 g/mol. The Morgan fingerprint density at radius 3 is 2.92 bits per heavy atom. The van der Waals surface area contributed by atoms with E-state index in [-0.39, 0.29) is 18.0 Å². The number of rotatable bonds is 3. The van der Waals surface area contributed by atoms with Gasteiger partial charge < -0.3 is 10.2 Å². The maximum absolute atomic E-state index is 12.9. The Kier molecular flexibility index (Phi) is 4.29. The highest BCUT2D eigenvalue weighted by atomic mass is 16.2. The topological polar surface area (TPSA) is 63.1 Å². The Hall–Kier alpha value is -2.21. The van der Waals surface area contributed by atoms with Crippen LogP contribution in [0.25, 0.3) is 0 Å². The van der Waals surface area contributed by atoms with Crippen molar-refractivity contribution in [2.75, 3.05) is 6.54 Å². The van der Waals surface area contributed by atoms with Gasteiger partial charge in [-0.1, -0.05) is 24.3 Å². The van der Waals surface area contributed by atoms with Gasteiger partial charge >= 0.3 is 0 Å². The summed E-state index contributed by atoms with van der Waals surface area (Å²) in [4.78, 5) is 19.3. The molecule has 0 saturated heterocycles. The first-order valence-corrected chi connectivity index (χ1v) is 9.12.